The Hall–Kier alpha value is -3.66. The van der Waals surface area contributed by atoms with Crippen molar-refractivity contribution in [2.24, 2.45) is 0 Å². The first-order valence-corrected chi connectivity index (χ1v) is 16.1. The highest BCUT2D eigenvalue weighted by Crippen LogP contribution is 2.54. The van der Waals surface area contributed by atoms with Crippen molar-refractivity contribution in [3.8, 4) is 11.1 Å². The number of nitrogens with zero attached hydrogens (tertiary/aromatic N) is 1. The molecule has 1 N–H and O–H groups in total. The molecular weight excluding hydrogens is 538 g/mol. The Balaban J connectivity index is 1.56. The second-order valence-corrected chi connectivity index (χ2v) is 14.2. The molecule has 0 spiro atoms. The fraction of sp³-hybridized carbons (Fsp3) is 0.366. The lowest BCUT2D eigenvalue weighted by atomic mass is 9.79. The zero-order chi connectivity index (χ0) is 31.6. The highest BCUT2D eigenvalue weighted by atomic mass is 16.5. The van der Waals surface area contributed by atoms with Crippen molar-refractivity contribution in [3.05, 3.63) is 129 Å². The molecule has 0 saturated heterocycles. The number of fused-ring (bicyclic) bond motifs is 4. The van der Waals surface area contributed by atoms with Gasteiger partial charge >= 0.3 is 0 Å². The lowest BCUT2D eigenvalue weighted by Crippen LogP contribution is -2.34. The Morgan fingerprint density at radius 1 is 0.864 bits per heavy atom. The molecule has 1 aliphatic heterocycles. The van der Waals surface area contributed by atoms with E-state index in [1.54, 1.807) is 0 Å². The van der Waals surface area contributed by atoms with Gasteiger partial charge in [-0.1, -0.05) is 86.1 Å². The quantitative estimate of drug-likeness (QED) is 0.234. The van der Waals surface area contributed by atoms with Gasteiger partial charge in [0, 0.05) is 23.7 Å². The van der Waals surface area contributed by atoms with Crippen molar-refractivity contribution in [1.82, 2.24) is 0 Å². The van der Waals surface area contributed by atoms with Gasteiger partial charge in [-0.3, -0.25) is 0 Å². The molecule has 0 amide bonds. The first kappa shape index (κ1) is 30.4. The molecule has 2 aliphatic rings. The average Bonchev–Trinajstić information content (AvgIpc) is 3.17. The first-order valence-electron chi connectivity index (χ1n) is 16.1. The van der Waals surface area contributed by atoms with Crippen LogP contribution in [0.2, 0.25) is 0 Å². The predicted octanol–water partition coefficient (Wildman–Crippen LogP) is 9.64. The third kappa shape index (κ3) is 5.10. The molecule has 0 bridgehead atoms. The van der Waals surface area contributed by atoms with Gasteiger partial charge in [0.25, 0.3) is 0 Å². The number of rotatable bonds is 7. The summed E-state index contributed by atoms with van der Waals surface area (Å²) in [5.74, 6) is 0. The molecule has 0 saturated carbocycles. The second-order valence-electron chi connectivity index (χ2n) is 14.2. The van der Waals surface area contributed by atoms with E-state index in [4.69, 9.17) is 4.74 Å². The fourth-order valence-corrected chi connectivity index (χ4v) is 8.07. The molecule has 44 heavy (non-hydrogen) atoms. The van der Waals surface area contributed by atoms with E-state index in [1.165, 1.54) is 66.9 Å². The van der Waals surface area contributed by atoms with Gasteiger partial charge in [-0.2, -0.15) is 0 Å². The van der Waals surface area contributed by atoms with E-state index in [0.29, 0.717) is 6.42 Å². The summed E-state index contributed by atoms with van der Waals surface area (Å²) in [4.78, 5) is 2.47. The topological polar surface area (TPSA) is 32.7 Å². The minimum atomic E-state index is -0.551. The Bertz CT molecular complexity index is 1740. The summed E-state index contributed by atoms with van der Waals surface area (Å²) in [5, 5.41) is 10.1. The Labute approximate surface area is 264 Å². The standard InChI is InChI=1S/C41H47NO2/c1-25-19-26(2)39(41(7,8)44-28(4)21-27(3)43)34(20-25)37-23-31(29-15-11-10-12-16-29)33-22-32-30-17-13-14-18-35(30)40(5,6)36(32)24-38(33)42(37)9/h10-20,22-24,27-28,37,43H,21H2,1-9H3. The summed E-state index contributed by atoms with van der Waals surface area (Å²) in [6.45, 7) is 17.4. The van der Waals surface area contributed by atoms with Crippen LogP contribution in [0.3, 0.4) is 0 Å². The van der Waals surface area contributed by atoms with Gasteiger partial charge in [0.1, 0.15) is 0 Å². The van der Waals surface area contributed by atoms with Gasteiger partial charge in [-0.15, -0.1) is 0 Å². The summed E-state index contributed by atoms with van der Waals surface area (Å²) in [6.07, 6.45) is 2.57. The number of aliphatic hydroxyl groups excluding tert-OH is 1. The molecular formula is C41H47NO2. The molecule has 4 aromatic rings. The van der Waals surface area contributed by atoms with Crippen LogP contribution in [0.15, 0.2) is 84.9 Å². The SMILES string of the molecule is Cc1cc(C)c(C(C)(C)OC(C)CC(C)O)c(C2C=C(c3ccccc3)c3cc4c(cc3N2C)C(C)(C)c2ccccc2-4)c1. The molecule has 0 aromatic heterocycles. The van der Waals surface area contributed by atoms with Gasteiger partial charge in [0.15, 0.2) is 0 Å². The van der Waals surface area contributed by atoms with Gasteiger partial charge in [-0.05, 0) is 116 Å². The van der Waals surface area contributed by atoms with E-state index < -0.39 is 11.7 Å². The molecule has 1 aliphatic carbocycles. The van der Waals surface area contributed by atoms with E-state index in [-0.39, 0.29) is 17.6 Å². The van der Waals surface area contributed by atoms with Crippen molar-refractivity contribution < 1.29 is 9.84 Å². The van der Waals surface area contributed by atoms with E-state index in [1.807, 2.05) is 6.92 Å². The summed E-state index contributed by atoms with van der Waals surface area (Å²) in [6, 6.07) is 29.3. The smallest absolute Gasteiger partial charge is 0.0885 e. The number of anilines is 1. The van der Waals surface area contributed by atoms with Crippen LogP contribution in [0.1, 0.15) is 98.5 Å². The van der Waals surface area contributed by atoms with Crippen LogP contribution in [-0.2, 0) is 15.8 Å². The van der Waals surface area contributed by atoms with E-state index in [0.717, 1.165) is 0 Å². The molecule has 0 radical (unpaired) electrons. The van der Waals surface area contributed by atoms with Gasteiger partial charge in [-0.25, -0.2) is 0 Å². The van der Waals surface area contributed by atoms with Crippen LogP contribution in [-0.4, -0.2) is 24.4 Å². The molecule has 3 unspecified atom stereocenters. The van der Waals surface area contributed by atoms with Crippen molar-refractivity contribution in [2.75, 3.05) is 11.9 Å². The molecule has 3 nitrogen and oxygen atoms in total. The first-order chi connectivity index (χ1) is 20.8. The van der Waals surface area contributed by atoms with Crippen LogP contribution in [0.25, 0.3) is 16.7 Å². The van der Waals surface area contributed by atoms with Crippen LogP contribution in [0.5, 0.6) is 0 Å². The number of likely N-dealkylation sites (N-methyl/N-ethyl adjacent to an activating group) is 1. The van der Waals surface area contributed by atoms with E-state index in [9.17, 15) is 5.11 Å². The van der Waals surface area contributed by atoms with Crippen molar-refractivity contribution in [3.63, 3.8) is 0 Å². The van der Waals surface area contributed by atoms with Crippen LogP contribution in [0, 0.1) is 13.8 Å². The number of aliphatic hydroxyl groups is 1. The average molecular weight is 586 g/mol. The Morgan fingerprint density at radius 2 is 1.55 bits per heavy atom. The fourth-order valence-electron chi connectivity index (χ4n) is 8.07. The number of benzene rings is 4. The summed E-state index contributed by atoms with van der Waals surface area (Å²) in [5.41, 5.74) is 14.8. The van der Waals surface area contributed by atoms with E-state index in [2.05, 4.69) is 145 Å². The third-order valence-electron chi connectivity index (χ3n) is 9.80. The molecule has 1 heterocycles. The van der Waals surface area contributed by atoms with Crippen molar-refractivity contribution >= 4 is 11.3 Å². The predicted molar refractivity (Wildman–Crippen MR) is 184 cm³/mol. The van der Waals surface area contributed by atoms with Crippen LogP contribution >= 0.6 is 0 Å². The molecule has 4 aromatic carbocycles. The number of hydrogen-bond acceptors (Lipinski definition) is 3. The van der Waals surface area contributed by atoms with E-state index >= 15 is 0 Å². The third-order valence-corrected chi connectivity index (χ3v) is 9.80. The molecule has 3 heteroatoms. The van der Waals surface area contributed by atoms with Gasteiger partial charge in [0.05, 0.1) is 23.9 Å². The lowest BCUT2D eigenvalue weighted by Gasteiger charge is -2.40. The lowest BCUT2D eigenvalue weighted by molar-refractivity contribution is -0.0824. The van der Waals surface area contributed by atoms with Gasteiger partial charge in [0.2, 0.25) is 0 Å². The maximum absolute atomic E-state index is 10.1. The number of hydrogen-bond donors (Lipinski definition) is 1. The minimum absolute atomic E-state index is 0.00573. The Morgan fingerprint density at radius 3 is 2.25 bits per heavy atom. The zero-order valence-electron chi connectivity index (χ0n) is 27.8. The highest BCUT2D eigenvalue weighted by molar-refractivity contribution is 5.95. The largest absolute Gasteiger partial charge is 0.393 e. The minimum Gasteiger partial charge on any atom is -0.393 e. The highest BCUT2D eigenvalue weighted by Gasteiger charge is 2.39. The summed E-state index contributed by atoms with van der Waals surface area (Å²) in [7, 11) is 2.24. The Kier molecular flexibility index (Phi) is 7.63. The van der Waals surface area contributed by atoms with Crippen LogP contribution in [0.4, 0.5) is 5.69 Å². The monoisotopic (exact) mass is 585 g/mol. The maximum Gasteiger partial charge on any atom is 0.0885 e. The summed E-state index contributed by atoms with van der Waals surface area (Å²) < 4.78 is 6.73. The number of ether oxygens (including phenoxy) is 1. The van der Waals surface area contributed by atoms with Crippen molar-refractivity contribution in [2.45, 2.75) is 91.1 Å². The molecule has 6 rings (SSSR count). The zero-order valence-corrected chi connectivity index (χ0v) is 27.8. The normalized spacial score (nSPS) is 18.3. The molecule has 228 valence electrons. The molecule has 0 fully saturated rings. The maximum atomic E-state index is 10.1. The molecule has 3 atom stereocenters. The van der Waals surface area contributed by atoms with Crippen LogP contribution < -0.4 is 4.90 Å². The van der Waals surface area contributed by atoms with Gasteiger partial charge < -0.3 is 14.7 Å². The van der Waals surface area contributed by atoms with Crippen molar-refractivity contribution in [1.29, 1.82) is 0 Å². The summed E-state index contributed by atoms with van der Waals surface area (Å²) >= 11 is 0. The second kappa shape index (κ2) is 11.1. The number of aryl methyl sites for hydroxylation is 2.